The molecule has 0 aromatic heterocycles. The molecule has 1 saturated heterocycles. The minimum absolute atomic E-state index is 0.161. The van der Waals surface area contributed by atoms with Crippen molar-refractivity contribution in [3.8, 4) is 5.75 Å². The highest BCUT2D eigenvalue weighted by atomic mass is 16.7. The van der Waals surface area contributed by atoms with Gasteiger partial charge >= 0.3 is 23.9 Å². The maximum absolute atomic E-state index is 12.3. The van der Waals surface area contributed by atoms with E-state index < -0.39 is 60.8 Å². The summed E-state index contributed by atoms with van der Waals surface area (Å²) in [6.45, 7) is 3.08. The molecule has 212 valence electrons. The number of esters is 3. The molecule has 11 nitrogen and oxygen atoms in total. The molecule has 0 spiro atoms. The Kier molecular flexibility index (Phi) is 10.5. The fourth-order valence-electron chi connectivity index (χ4n) is 4.21. The molecule has 1 heterocycles. The van der Waals surface area contributed by atoms with Crippen LogP contribution >= 0.6 is 0 Å². The summed E-state index contributed by atoms with van der Waals surface area (Å²) in [5.74, 6) is -4.31. The van der Waals surface area contributed by atoms with Gasteiger partial charge in [-0.05, 0) is 23.8 Å². The van der Waals surface area contributed by atoms with Crippen LogP contribution in [0.5, 0.6) is 5.75 Å². The van der Waals surface area contributed by atoms with Gasteiger partial charge in [0.25, 0.3) is 0 Å². The maximum atomic E-state index is 12.3. The van der Waals surface area contributed by atoms with Crippen molar-refractivity contribution in [2.75, 3.05) is 6.61 Å². The lowest BCUT2D eigenvalue weighted by molar-refractivity contribution is -0.274. The lowest BCUT2D eigenvalue weighted by Gasteiger charge is -2.44. The van der Waals surface area contributed by atoms with Crippen LogP contribution in [0.4, 0.5) is 0 Å². The number of rotatable bonds is 11. The maximum Gasteiger partial charge on any atom is 0.303 e. The van der Waals surface area contributed by atoms with E-state index in [9.17, 15) is 29.1 Å². The van der Waals surface area contributed by atoms with Gasteiger partial charge < -0.3 is 28.8 Å². The van der Waals surface area contributed by atoms with Crippen molar-refractivity contribution in [2.45, 2.75) is 51.8 Å². The smallest absolute Gasteiger partial charge is 0.303 e. The minimum Gasteiger partial charge on any atom is -0.481 e. The molecule has 0 unspecified atom stereocenters. The van der Waals surface area contributed by atoms with Gasteiger partial charge in [0.1, 0.15) is 24.6 Å². The summed E-state index contributed by atoms with van der Waals surface area (Å²) in [4.78, 5) is 59.3. The van der Waals surface area contributed by atoms with E-state index >= 15 is 0 Å². The second-order valence-electron chi connectivity index (χ2n) is 9.01. The van der Waals surface area contributed by atoms with Crippen LogP contribution in [0.15, 0.2) is 60.7 Å². The molecule has 0 aliphatic carbocycles. The zero-order chi connectivity index (χ0) is 29.2. The quantitative estimate of drug-likeness (QED) is 0.189. The number of carboxylic acid groups (broad SMARTS) is 1. The Labute approximate surface area is 230 Å². The van der Waals surface area contributed by atoms with E-state index in [0.29, 0.717) is 11.1 Å². The summed E-state index contributed by atoms with van der Waals surface area (Å²) in [6.07, 6.45) is -2.42. The van der Waals surface area contributed by atoms with Gasteiger partial charge in [0.2, 0.25) is 6.29 Å². The van der Waals surface area contributed by atoms with Crippen molar-refractivity contribution >= 4 is 35.7 Å². The summed E-state index contributed by atoms with van der Waals surface area (Å²) < 4.78 is 27.7. The lowest BCUT2D eigenvalue weighted by Crippen LogP contribution is -2.60. The molecule has 0 radical (unpaired) electrons. The molecule has 0 amide bonds. The molecule has 1 N–H and O–H groups in total. The number of carbonyl (C=O) groups is 5. The lowest BCUT2D eigenvalue weighted by atomic mass is 9.86. The molecule has 1 fully saturated rings. The molecule has 11 heteroatoms. The number of allylic oxidation sites excluding steroid dienone is 1. The van der Waals surface area contributed by atoms with Crippen molar-refractivity contribution in [3.05, 3.63) is 71.8 Å². The third-order valence-electron chi connectivity index (χ3n) is 5.87. The first kappa shape index (κ1) is 30.0. The van der Waals surface area contributed by atoms with Gasteiger partial charge in [-0.25, -0.2) is 0 Å². The van der Waals surface area contributed by atoms with Gasteiger partial charge in [0, 0.05) is 26.3 Å². The Bertz CT molecular complexity index is 1240. The molecule has 1 aliphatic heterocycles. The van der Waals surface area contributed by atoms with E-state index in [1.807, 2.05) is 6.07 Å². The monoisotopic (exact) mass is 554 g/mol. The van der Waals surface area contributed by atoms with Crippen LogP contribution in [0, 0.1) is 5.92 Å². The van der Waals surface area contributed by atoms with Crippen LogP contribution < -0.4 is 4.74 Å². The Morgan fingerprint density at radius 1 is 0.850 bits per heavy atom. The Morgan fingerprint density at radius 2 is 1.48 bits per heavy atom. The van der Waals surface area contributed by atoms with E-state index in [0.717, 1.165) is 13.8 Å². The molecule has 0 bridgehead atoms. The second-order valence-corrected chi connectivity index (χ2v) is 9.01. The number of ketones is 1. The average Bonchev–Trinajstić information content (AvgIpc) is 2.90. The highest BCUT2D eigenvalue weighted by Gasteiger charge is 2.51. The van der Waals surface area contributed by atoms with E-state index in [1.165, 1.54) is 13.0 Å². The topological polar surface area (TPSA) is 152 Å². The number of benzene rings is 2. The van der Waals surface area contributed by atoms with Gasteiger partial charge in [-0.3, -0.25) is 24.0 Å². The van der Waals surface area contributed by atoms with E-state index in [4.69, 9.17) is 23.7 Å². The third-order valence-corrected chi connectivity index (χ3v) is 5.87. The molecule has 5 atom stereocenters. The molecule has 2 aromatic rings. The zero-order valence-electron chi connectivity index (χ0n) is 22.2. The first-order valence-electron chi connectivity index (χ1n) is 12.4. The first-order chi connectivity index (χ1) is 19.0. The highest BCUT2D eigenvalue weighted by molar-refractivity contribution is 6.06. The molecule has 3 rings (SSSR count). The van der Waals surface area contributed by atoms with E-state index in [2.05, 4.69) is 0 Å². The molecular formula is C29H30O11. The molecule has 40 heavy (non-hydrogen) atoms. The number of hydrogen-bond acceptors (Lipinski definition) is 10. The SMILES string of the molecule is CC(=O)OC[C@@H]1O[C@H](Oc2ccc(/C=C\C(=O)c3ccccc3)cc2)[C@H](OC(C)=O)[C@H](CC(=O)O)[C@H]1OC(C)=O. The van der Waals surface area contributed by atoms with Crippen molar-refractivity contribution in [3.63, 3.8) is 0 Å². The van der Waals surface area contributed by atoms with Gasteiger partial charge in [-0.2, -0.15) is 0 Å². The summed E-state index contributed by atoms with van der Waals surface area (Å²) in [7, 11) is 0. The summed E-state index contributed by atoms with van der Waals surface area (Å²) >= 11 is 0. The predicted molar refractivity (Wildman–Crippen MR) is 139 cm³/mol. The van der Waals surface area contributed by atoms with E-state index in [-0.39, 0.29) is 18.1 Å². The molecule has 0 saturated carbocycles. The summed E-state index contributed by atoms with van der Waals surface area (Å²) in [6, 6.07) is 15.3. The third kappa shape index (κ3) is 8.77. The minimum atomic E-state index is -1.33. The standard InChI is InChI=1S/C29H30O11/c1-17(30)36-16-25-27(37-18(2)31)23(15-26(34)35)28(38-19(3)32)29(40-25)39-22-12-9-20(10-13-22)11-14-24(33)21-7-5-4-6-8-21/h4-14,23,25,27-29H,15-16H2,1-3H3,(H,34,35)/b14-11-/t23-,25+,27-,28-,29+/m1/s1. The van der Waals surface area contributed by atoms with Gasteiger partial charge in [0.05, 0.1) is 12.3 Å². The Balaban J connectivity index is 1.85. The van der Waals surface area contributed by atoms with Gasteiger partial charge in [-0.15, -0.1) is 0 Å². The number of aliphatic carboxylic acids is 1. The molecule has 1 aliphatic rings. The van der Waals surface area contributed by atoms with Crippen LogP contribution in [-0.2, 0) is 38.1 Å². The summed E-state index contributed by atoms with van der Waals surface area (Å²) in [5, 5.41) is 9.56. The van der Waals surface area contributed by atoms with Crippen LogP contribution in [0.2, 0.25) is 0 Å². The number of hydrogen-bond donors (Lipinski definition) is 1. The van der Waals surface area contributed by atoms with Crippen LogP contribution in [0.25, 0.3) is 6.08 Å². The predicted octanol–water partition coefficient (Wildman–Crippen LogP) is 3.20. The molecular weight excluding hydrogens is 524 g/mol. The van der Waals surface area contributed by atoms with Gasteiger partial charge in [0.15, 0.2) is 11.9 Å². The Morgan fingerprint density at radius 3 is 2.05 bits per heavy atom. The zero-order valence-corrected chi connectivity index (χ0v) is 22.2. The van der Waals surface area contributed by atoms with Crippen molar-refractivity contribution in [1.29, 1.82) is 0 Å². The average molecular weight is 555 g/mol. The number of carboxylic acids is 1. The summed E-state index contributed by atoms with van der Waals surface area (Å²) in [5.41, 5.74) is 1.25. The van der Waals surface area contributed by atoms with Crippen LogP contribution in [0.1, 0.15) is 43.1 Å². The number of ether oxygens (including phenoxy) is 5. The van der Waals surface area contributed by atoms with E-state index in [1.54, 1.807) is 54.6 Å². The second kappa shape index (κ2) is 14.0. The highest BCUT2D eigenvalue weighted by Crippen LogP contribution is 2.35. The fourth-order valence-corrected chi connectivity index (χ4v) is 4.21. The normalized spacial score (nSPS) is 22.2. The number of carbonyl (C=O) groups excluding carboxylic acids is 4. The van der Waals surface area contributed by atoms with Crippen LogP contribution in [0.3, 0.4) is 0 Å². The fraction of sp³-hybridized carbons (Fsp3) is 0.345. The van der Waals surface area contributed by atoms with Crippen molar-refractivity contribution in [2.24, 2.45) is 5.92 Å². The molecule has 2 aromatic carbocycles. The van der Waals surface area contributed by atoms with Crippen molar-refractivity contribution in [1.82, 2.24) is 0 Å². The van der Waals surface area contributed by atoms with Crippen LogP contribution in [-0.4, -0.2) is 66.0 Å². The van der Waals surface area contributed by atoms with Crippen molar-refractivity contribution < 1.29 is 52.8 Å². The largest absolute Gasteiger partial charge is 0.481 e. The Hall–Kier alpha value is -4.51. The van der Waals surface area contributed by atoms with Gasteiger partial charge in [-0.1, -0.05) is 48.5 Å². The first-order valence-corrected chi connectivity index (χ1v) is 12.4.